The van der Waals surface area contributed by atoms with Crippen molar-refractivity contribution in [3.8, 4) is 5.75 Å². The van der Waals surface area contributed by atoms with Crippen LogP contribution < -0.4 is 4.74 Å². The molecule has 0 radical (unpaired) electrons. The van der Waals surface area contributed by atoms with Crippen LogP contribution >= 0.6 is 0 Å². The Balaban J connectivity index is 1.90. The monoisotopic (exact) mass is 416 g/mol. The number of para-hydroxylation sites is 1. The lowest BCUT2D eigenvalue weighted by Crippen LogP contribution is -2.33. The van der Waals surface area contributed by atoms with Gasteiger partial charge in [-0.3, -0.25) is 4.79 Å². The van der Waals surface area contributed by atoms with E-state index in [1.54, 1.807) is 39.2 Å². The summed E-state index contributed by atoms with van der Waals surface area (Å²) in [5.41, 5.74) is 1.32. The number of methoxy groups -OCH3 is 1. The smallest absolute Gasteiger partial charge is 0.254 e. The predicted octanol–water partition coefficient (Wildman–Crippen LogP) is 3.53. The fourth-order valence-electron chi connectivity index (χ4n) is 3.44. The van der Waals surface area contributed by atoms with Crippen LogP contribution in [0.4, 0.5) is 0 Å². The SMILES string of the molecule is CCN(CC)S(=O)(=O)c1cccc(C(=O)N(Cc2ccccc2OC)C2CC2)c1. The van der Waals surface area contributed by atoms with Gasteiger partial charge in [-0.15, -0.1) is 0 Å². The minimum Gasteiger partial charge on any atom is -0.496 e. The van der Waals surface area contributed by atoms with E-state index >= 15 is 0 Å². The molecule has 0 atom stereocenters. The van der Waals surface area contributed by atoms with Crippen LogP contribution in [0.15, 0.2) is 53.4 Å². The number of sulfonamides is 1. The topological polar surface area (TPSA) is 66.9 Å². The third kappa shape index (κ3) is 4.62. The standard InChI is InChI=1S/C22H28N2O4S/c1-4-23(5-2)29(26,27)20-11-8-10-17(15-20)22(25)24(19-13-14-19)16-18-9-6-7-12-21(18)28-3/h6-12,15,19H,4-5,13-14,16H2,1-3H3. The van der Waals surface area contributed by atoms with Gasteiger partial charge in [0, 0.05) is 36.8 Å². The first kappa shape index (κ1) is 21.3. The molecule has 156 valence electrons. The molecule has 0 aromatic heterocycles. The molecule has 0 saturated heterocycles. The molecule has 0 heterocycles. The summed E-state index contributed by atoms with van der Waals surface area (Å²) in [5, 5.41) is 0. The van der Waals surface area contributed by atoms with Crippen molar-refractivity contribution in [2.45, 2.75) is 44.2 Å². The van der Waals surface area contributed by atoms with Crippen LogP contribution in [0.3, 0.4) is 0 Å². The normalized spacial score (nSPS) is 14.1. The third-order valence-corrected chi connectivity index (χ3v) is 7.25. The Bertz CT molecular complexity index is 966. The van der Waals surface area contributed by atoms with E-state index in [2.05, 4.69) is 0 Å². The summed E-state index contributed by atoms with van der Waals surface area (Å²) >= 11 is 0. The van der Waals surface area contributed by atoms with E-state index in [9.17, 15) is 13.2 Å². The second kappa shape index (κ2) is 8.97. The number of ether oxygens (including phenoxy) is 1. The van der Waals surface area contributed by atoms with Crippen LogP contribution in [0.5, 0.6) is 5.75 Å². The lowest BCUT2D eigenvalue weighted by atomic mass is 10.1. The molecule has 29 heavy (non-hydrogen) atoms. The second-order valence-corrected chi connectivity index (χ2v) is 9.03. The number of benzene rings is 2. The molecule has 1 aliphatic carbocycles. The highest BCUT2D eigenvalue weighted by Crippen LogP contribution is 2.32. The van der Waals surface area contributed by atoms with Crippen molar-refractivity contribution >= 4 is 15.9 Å². The van der Waals surface area contributed by atoms with E-state index in [0.717, 1.165) is 24.2 Å². The maximum Gasteiger partial charge on any atom is 0.254 e. The Morgan fingerprint density at radius 3 is 2.38 bits per heavy atom. The van der Waals surface area contributed by atoms with Crippen LogP contribution in [0.1, 0.15) is 42.6 Å². The van der Waals surface area contributed by atoms with Gasteiger partial charge >= 0.3 is 0 Å². The molecule has 1 saturated carbocycles. The van der Waals surface area contributed by atoms with Crippen LogP contribution in [0.25, 0.3) is 0 Å². The zero-order chi connectivity index (χ0) is 21.0. The van der Waals surface area contributed by atoms with Gasteiger partial charge in [0.05, 0.1) is 12.0 Å². The van der Waals surface area contributed by atoms with Crippen molar-refractivity contribution in [3.63, 3.8) is 0 Å². The predicted molar refractivity (Wildman–Crippen MR) is 112 cm³/mol. The summed E-state index contributed by atoms with van der Waals surface area (Å²) < 4.78 is 32.5. The molecule has 1 aliphatic rings. The van der Waals surface area contributed by atoms with Gasteiger partial charge < -0.3 is 9.64 Å². The van der Waals surface area contributed by atoms with Crippen LogP contribution in [0, 0.1) is 0 Å². The highest BCUT2D eigenvalue weighted by molar-refractivity contribution is 7.89. The molecule has 2 aromatic rings. The number of amides is 1. The lowest BCUT2D eigenvalue weighted by molar-refractivity contribution is 0.0728. The van der Waals surface area contributed by atoms with E-state index in [-0.39, 0.29) is 16.8 Å². The third-order valence-electron chi connectivity index (χ3n) is 5.21. The fraction of sp³-hybridized carbons (Fsp3) is 0.409. The molecule has 2 aromatic carbocycles. The molecule has 0 aliphatic heterocycles. The fourth-order valence-corrected chi connectivity index (χ4v) is 4.94. The maximum absolute atomic E-state index is 13.3. The lowest BCUT2D eigenvalue weighted by Gasteiger charge is -2.24. The first-order chi connectivity index (χ1) is 13.9. The highest BCUT2D eigenvalue weighted by Gasteiger charge is 2.34. The van der Waals surface area contributed by atoms with Gasteiger partial charge in [-0.05, 0) is 37.1 Å². The molecule has 6 nitrogen and oxygen atoms in total. The van der Waals surface area contributed by atoms with Gasteiger partial charge in [-0.25, -0.2) is 8.42 Å². The number of carbonyl (C=O) groups is 1. The summed E-state index contributed by atoms with van der Waals surface area (Å²) in [4.78, 5) is 15.3. The Morgan fingerprint density at radius 1 is 1.07 bits per heavy atom. The molecule has 0 bridgehead atoms. The molecule has 0 spiro atoms. The molecule has 7 heteroatoms. The molecule has 0 unspecified atom stereocenters. The van der Waals surface area contributed by atoms with Gasteiger partial charge in [0.15, 0.2) is 0 Å². The van der Waals surface area contributed by atoms with Crippen molar-refractivity contribution in [2.75, 3.05) is 20.2 Å². The van der Waals surface area contributed by atoms with E-state index in [4.69, 9.17) is 4.74 Å². The molecular formula is C22H28N2O4S. The van der Waals surface area contributed by atoms with E-state index in [0.29, 0.717) is 25.2 Å². The summed E-state index contributed by atoms with van der Waals surface area (Å²) in [6.45, 7) is 4.81. The number of rotatable bonds is 9. The number of carbonyl (C=O) groups excluding carboxylic acids is 1. The Morgan fingerprint density at radius 2 is 1.76 bits per heavy atom. The Labute approximate surface area is 173 Å². The first-order valence-electron chi connectivity index (χ1n) is 9.95. The van der Waals surface area contributed by atoms with Crippen LogP contribution in [0.2, 0.25) is 0 Å². The van der Waals surface area contributed by atoms with Crippen molar-refractivity contribution in [1.82, 2.24) is 9.21 Å². The van der Waals surface area contributed by atoms with Crippen molar-refractivity contribution in [2.24, 2.45) is 0 Å². The average molecular weight is 417 g/mol. The van der Waals surface area contributed by atoms with Gasteiger partial charge in [0.25, 0.3) is 5.91 Å². The number of nitrogens with zero attached hydrogens (tertiary/aromatic N) is 2. The average Bonchev–Trinajstić information content (AvgIpc) is 3.57. The van der Waals surface area contributed by atoms with Crippen molar-refractivity contribution < 1.29 is 17.9 Å². The minimum absolute atomic E-state index is 0.153. The molecule has 3 rings (SSSR count). The number of hydrogen-bond acceptors (Lipinski definition) is 4. The van der Waals surface area contributed by atoms with E-state index < -0.39 is 10.0 Å². The summed E-state index contributed by atoms with van der Waals surface area (Å²) in [6.07, 6.45) is 1.91. The second-order valence-electron chi connectivity index (χ2n) is 7.09. The van der Waals surface area contributed by atoms with Crippen LogP contribution in [-0.2, 0) is 16.6 Å². The quantitative estimate of drug-likeness (QED) is 0.627. The summed E-state index contributed by atoms with van der Waals surface area (Å²) in [7, 11) is -2.00. The minimum atomic E-state index is -3.61. The summed E-state index contributed by atoms with van der Waals surface area (Å²) in [5.74, 6) is 0.582. The summed E-state index contributed by atoms with van der Waals surface area (Å²) in [6, 6.07) is 14.2. The van der Waals surface area contributed by atoms with E-state index in [1.165, 1.54) is 10.4 Å². The zero-order valence-corrected chi connectivity index (χ0v) is 18.0. The largest absolute Gasteiger partial charge is 0.496 e. The molecule has 1 amide bonds. The number of hydrogen-bond donors (Lipinski definition) is 0. The Kier molecular flexibility index (Phi) is 6.59. The first-order valence-corrected chi connectivity index (χ1v) is 11.4. The van der Waals surface area contributed by atoms with E-state index in [1.807, 2.05) is 29.2 Å². The van der Waals surface area contributed by atoms with Crippen molar-refractivity contribution in [1.29, 1.82) is 0 Å². The highest BCUT2D eigenvalue weighted by atomic mass is 32.2. The zero-order valence-electron chi connectivity index (χ0n) is 17.2. The Hall–Kier alpha value is -2.38. The van der Waals surface area contributed by atoms with Gasteiger partial charge in [0.1, 0.15) is 5.75 Å². The molecule has 0 N–H and O–H groups in total. The maximum atomic E-state index is 13.3. The van der Waals surface area contributed by atoms with Gasteiger partial charge in [-0.2, -0.15) is 4.31 Å². The van der Waals surface area contributed by atoms with Gasteiger partial charge in [0.2, 0.25) is 10.0 Å². The van der Waals surface area contributed by atoms with Gasteiger partial charge in [-0.1, -0.05) is 38.1 Å². The molecule has 1 fully saturated rings. The van der Waals surface area contributed by atoms with Crippen molar-refractivity contribution in [3.05, 3.63) is 59.7 Å². The molecular weight excluding hydrogens is 388 g/mol. The van der Waals surface area contributed by atoms with Crippen LogP contribution in [-0.4, -0.2) is 49.8 Å².